The Morgan fingerprint density at radius 3 is 2.09 bits per heavy atom. The minimum absolute atomic E-state index is 0.0769. The molecule has 2 amide bonds. The first-order valence-corrected chi connectivity index (χ1v) is 11.3. The van der Waals surface area contributed by atoms with Gasteiger partial charge in [-0.25, -0.2) is 4.39 Å². The van der Waals surface area contributed by atoms with Crippen molar-refractivity contribution < 1.29 is 28.2 Å². The van der Waals surface area contributed by atoms with Gasteiger partial charge in [0.15, 0.2) is 0 Å². The Morgan fingerprint density at radius 1 is 0.970 bits per heavy atom. The van der Waals surface area contributed by atoms with Crippen LogP contribution in [-0.4, -0.2) is 43.1 Å². The fourth-order valence-corrected chi connectivity index (χ4v) is 3.20. The minimum Gasteiger partial charge on any atom is -0.494 e. The monoisotopic (exact) mass is 466 g/mol. The topological polar surface area (TPSA) is 93.7 Å². The van der Waals surface area contributed by atoms with Gasteiger partial charge in [0.1, 0.15) is 23.2 Å². The third kappa shape index (κ3) is 11.2. The Hall–Kier alpha value is -2.64. The summed E-state index contributed by atoms with van der Waals surface area (Å²) in [6.45, 7) is 11.3. The number of hydrogen-bond acceptors (Lipinski definition) is 5. The molecule has 0 aliphatic rings. The SMILES string of the molecule is CNC(=O)[C@@H](NC(=O)[C@H](CCCCOc1ccc(F)cc1)CC(=O)OC(C)(C)C)C(C)(C)C. The molecule has 0 fully saturated rings. The van der Waals surface area contributed by atoms with Crippen molar-refractivity contribution in [1.82, 2.24) is 10.6 Å². The highest BCUT2D eigenvalue weighted by Crippen LogP contribution is 2.22. The number of halogens is 1. The molecular formula is C25H39FN2O5. The number of likely N-dealkylation sites (N-methyl/N-ethyl adjacent to an activating group) is 1. The standard InChI is InChI=1S/C25H39FN2O5/c1-24(2,3)21(23(31)27-7)28-22(30)17(16-20(29)33-25(4,5)6)10-8-9-15-32-19-13-11-18(26)12-14-19/h11-14,17,21H,8-10,15-16H2,1-7H3,(H,27,31)(H,28,30)/t17-,21-/m1/s1. The average Bonchev–Trinajstić information content (AvgIpc) is 2.69. The lowest BCUT2D eigenvalue weighted by Gasteiger charge is -2.31. The number of hydrogen-bond donors (Lipinski definition) is 2. The van der Waals surface area contributed by atoms with E-state index in [9.17, 15) is 18.8 Å². The number of rotatable bonds is 11. The number of amides is 2. The van der Waals surface area contributed by atoms with Crippen LogP contribution in [0.5, 0.6) is 5.75 Å². The molecular weight excluding hydrogens is 427 g/mol. The van der Waals surface area contributed by atoms with Crippen molar-refractivity contribution >= 4 is 17.8 Å². The molecule has 8 heteroatoms. The number of esters is 1. The van der Waals surface area contributed by atoms with Gasteiger partial charge in [-0.1, -0.05) is 20.8 Å². The molecule has 0 unspecified atom stereocenters. The third-order valence-electron chi connectivity index (χ3n) is 4.89. The summed E-state index contributed by atoms with van der Waals surface area (Å²) in [5.74, 6) is -1.51. The van der Waals surface area contributed by atoms with Crippen LogP contribution in [0.25, 0.3) is 0 Å². The molecule has 2 N–H and O–H groups in total. The van der Waals surface area contributed by atoms with E-state index in [1.807, 2.05) is 20.8 Å². The van der Waals surface area contributed by atoms with E-state index in [0.717, 1.165) is 0 Å². The van der Waals surface area contributed by atoms with Crippen molar-refractivity contribution in [3.63, 3.8) is 0 Å². The fourth-order valence-electron chi connectivity index (χ4n) is 3.20. The van der Waals surface area contributed by atoms with Crippen molar-refractivity contribution in [2.45, 2.75) is 78.9 Å². The zero-order chi connectivity index (χ0) is 25.2. The normalized spacial score (nSPS) is 13.6. The van der Waals surface area contributed by atoms with Crippen molar-refractivity contribution in [3.05, 3.63) is 30.1 Å². The number of ether oxygens (including phenoxy) is 2. The smallest absolute Gasteiger partial charge is 0.307 e. The maximum Gasteiger partial charge on any atom is 0.307 e. The van der Waals surface area contributed by atoms with E-state index in [0.29, 0.717) is 31.6 Å². The van der Waals surface area contributed by atoms with Crippen molar-refractivity contribution in [2.75, 3.05) is 13.7 Å². The molecule has 0 aromatic heterocycles. The lowest BCUT2D eigenvalue weighted by atomic mass is 9.85. The molecule has 0 bridgehead atoms. The van der Waals surface area contributed by atoms with Crippen LogP contribution in [0.2, 0.25) is 0 Å². The van der Waals surface area contributed by atoms with Gasteiger partial charge in [-0.05, 0) is 69.7 Å². The van der Waals surface area contributed by atoms with Crippen LogP contribution in [0.3, 0.4) is 0 Å². The zero-order valence-electron chi connectivity index (χ0n) is 20.9. The summed E-state index contributed by atoms with van der Waals surface area (Å²) in [5, 5.41) is 5.40. The molecule has 0 radical (unpaired) electrons. The van der Waals surface area contributed by atoms with Gasteiger partial charge in [0.2, 0.25) is 11.8 Å². The maximum atomic E-state index is 13.1. The van der Waals surface area contributed by atoms with E-state index in [2.05, 4.69) is 10.6 Å². The summed E-state index contributed by atoms with van der Waals surface area (Å²) < 4.78 is 24.0. The summed E-state index contributed by atoms with van der Waals surface area (Å²) in [7, 11) is 1.52. The molecule has 0 saturated carbocycles. The van der Waals surface area contributed by atoms with Gasteiger partial charge in [-0.3, -0.25) is 14.4 Å². The molecule has 7 nitrogen and oxygen atoms in total. The highest BCUT2D eigenvalue weighted by molar-refractivity contribution is 5.90. The Labute approximate surface area is 196 Å². The molecule has 0 aliphatic heterocycles. The lowest BCUT2D eigenvalue weighted by molar-refractivity contribution is -0.157. The first-order valence-electron chi connectivity index (χ1n) is 11.3. The van der Waals surface area contributed by atoms with Gasteiger partial charge in [-0.2, -0.15) is 0 Å². The van der Waals surface area contributed by atoms with Gasteiger partial charge in [0, 0.05) is 13.0 Å². The number of nitrogens with one attached hydrogen (secondary N) is 2. The van der Waals surface area contributed by atoms with Crippen molar-refractivity contribution in [3.8, 4) is 5.75 Å². The predicted molar refractivity (Wildman–Crippen MR) is 125 cm³/mol. The molecule has 0 aliphatic carbocycles. The molecule has 0 saturated heterocycles. The summed E-state index contributed by atoms with van der Waals surface area (Å²) in [4.78, 5) is 37.8. The van der Waals surface area contributed by atoms with Gasteiger partial charge in [-0.15, -0.1) is 0 Å². The second-order valence-corrected chi connectivity index (χ2v) is 10.2. The molecule has 0 spiro atoms. The number of carbonyl (C=O) groups excluding carboxylic acids is 3. The van der Waals surface area contributed by atoms with Gasteiger partial charge < -0.3 is 20.1 Å². The minimum atomic E-state index is -0.738. The molecule has 186 valence electrons. The van der Waals surface area contributed by atoms with Crippen LogP contribution < -0.4 is 15.4 Å². The van der Waals surface area contributed by atoms with Crippen LogP contribution >= 0.6 is 0 Å². The van der Waals surface area contributed by atoms with E-state index in [1.54, 1.807) is 32.9 Å². The molecule has 33 heavy (non-hydrogen) atoms. The van der Waals surface area contributed by atoms with Crippen molar-refractivity contribution in [2.24, 2.45) is 11.3 Å². The Morgan fingerprint density at radius 2 is 1.58 bits per heavy atom. The van der Waals surface area contributed by atoms with E-state index in [-0.39, 0.29) is 24.1 Å². The van der Waals surface area contributed by atoms with E-state index in [4.69, 9.17) is 9.47 Å². The average molecular weight is 467 g/mol. The lowest BCUT2D eigenvalue weighted by Crippen LogP contribution is -2.54. The van der Waals surface area contributed by atoms with Crippen LogP contribution in [0, 0.1) is 17.2 Å². The van der Waals surface area contributed by atoms with Gasteiger partial charge in [0.05, 0.1) is 13.0 Å². The second kappa shape index (κ2) is 12.6. The van der Waals surface area contributed by atoms with E-state index in [1.165, 1.54) is 19.2 Å². The maximum absolute atomic E-state index is 13.1. The Kier molecular flexibility index (Phi) is 10.8. The predicted octanol–water partition coefficient (Wildman–Crippen LogP) is 4.00. The molecule has 0 heterocycles. The number of benzene rings is 1. The van der Waals surface area contributed by atoms with Gasteiger partial charge >= 0.3 is 5.97 Å². The first kappa shape index (κ1) is 28.4. The zero-order valence-corrected chi connectivity index (χ0v) is 20.9. The second-order valence-electron chi connectivity index (χ2n) is 10.2. The number of unbranched alkanes of at least 4 members (excludes halogenated alkanes) is 1. The summed E-state index contributed by atoms with van der Waals surface area (Å²) in [5.41, 5.74) is -1.16. The molecule has 1 aromatic carbocycles. The van der Waals surface area contributed by atoms with Crippen LogP contribution in [0.15, 0.2) is 24.3 Å². The third-order valence-corrected chi connectivity index (χ3v) is 4.89. The molecule has 1 aromatic rings. The largest absolute Gasteiger partial charge is 0.494 e. The van der Waals surface area contributed by atoms with Crippen LogP contribution in [0.4, 0.5) is 4.39 Å². The highest BCUT2D eigenvalue weighted by Gasteiger charge is 2.34. The van der Waals surface area contributed by atoms with E-state index >= 15 is 0 Å². The molecule has 1 rings (SSSR count). The van der Waals surface area contributed by atoms with Crippen LogP contribution in [-0.2, 0) is 19.1 Å². The summed E-state index contributed by atoms with van der Waals surface area (Å²) in [6.07, 6.45) is 1.63. The van der Waals surface area contributed by atoms with Crippen molar-refractivity contribution in [1.29, 1.82) is 0 Å². The quantitative estimate of drug-likeness (QED) is 0.380. The van der Waals surface area contributed by atoms with E-state index < -0.39 is 28.9 Å². The Balaban J connectivity index is 2.76. The highest BCUT2D eigenvalue weighted by atomic mass is 19.1. The first-order chi connectivity index (χ1) is 15.2. The van der Waals surface area contributed by atoms with Crippen LogP contribution in [0.1, 0.15) is 67.2 Å². The summed E-state index contributed by atoms with van der Waals surface area (Å²) in [6, 6.07) is 5.03. The fraction of sp³-hybridized carbons (Fsp3) is 0.640. The molecule has 2 atom stereocenters. The summed E-state index contributed by atoms with van der Waals surface area (Å²) >= 11 is 0. The Bertz CT molecular complexity index is 781. The van der Waals surface area contributed by atoms with Gasteiger partial charge in [0.25, 0.3) is 0 Å². The number of carbonyl (C=O) groups is 3.